The van der Waals surface area contributed by atoms with Gasteiger partial charge < -0.3 is 5.32 Å². The molecular formula is C16H18N4O. The Morgan fingerprint density at radius 3 is 2.76 bits per heavy atom. The van der Waals surface area contributed by atoms with E-state index in [2.05, 4.69) is 10.4 Å². The minimum Gasteiger partial charge on any atom is -0.350 e. The predicted octanol–water partition coefficient (Wildman–Crippen LogP) is 2.11. The maximum atomic E-state index is 12.0. The molecule has 1 aromatic heterocycles. The van der Waals surface area contributed by atoms with Gasteiger partial charge in [0.2, 0.25) is 0 Å². The molecule has 1 heterocycles. The van der Waals surface area contributed by atoms with Gasteiger partial charge >= 0.3 is 0 Å². The van der Waals surface area contributed by atoms with Gasteiger partial charge in [-0.05, 0) is 44.5 Å². The maximum absolute atomic E-state index is 12.0. The summed E-state index contributed by atoms with van der Waals surface area (Å²) in [6.07, 6.45) is 0. The molecule has 0 saturated heterocycles. The normalized spacial score (nSPS) is 10.2. The summed E-state index contributed by atoms with van der Waals surface area (Å²) in [7, 11) is 0. The van der Waals surface area contributed by atoms with E-state index < -0.39 is 0 Å². The first-order valence-corrected chi connectivity index (χ1v) is 6.82. The first kappa shape index (κ1) is 14.8. The van der Waals surface area contributed by atoms with Crippen LogP contribution in [0.15, 0.2) is 24.3 Å². The molecule has 0 aliphatic carbocycles. The summed E-state index contributed by atoms with van der Waals surface area (Å²) in [4.78, 5) is 12.0. The molecule has 21 heavy (non-hydrogen) atoms. The fourth-order valence-corrected chi connectivity index (χ4v) is 2.11. The largest absolute Gasteiger partial charge is 0.350 e. The van der Waals surface area contributed by atoms with Crippen LogP contribution < -0.4 is 5.32 Å². The van der Waals surface area contributed by atoms with E-state index in [0.29, 0.717) is 24.2 Å². The van der Waals surface area contributed by atoms with Crippen molar-refractivity contribution in [1.82, 2.24) is 15.1 Å². The third kappa shape index (κ3) is 3.29. The van der Waals surface area contributed by atoms with Crippen LogP contribution in [0.3, 0.4) is 0 Å². The lowest BCUT2D eigenvalue weighted by Crippen LogP contribution is -2.27. The number of hydrogen-bond donors (Lipinski definition) is 1. The van der Waals surface area contributed by atoms with Crippen LogP contribution in [-0.2, 0) is 6.54 Å². The van der Waals surface area contributed by atoms with Gasteiger partial charge in [0.05, 0.1) is 23.9 Å². The first-order chi connectivity index (χ1) is 10.0. The lowest BCUT2D eigenvalue weighted by Gasteiger charge is -2.07. The minimum absolute atomic E-state index is 0.176. The van der Waals surface area contributed by atoms with E-state index in [1.165, 1.54) is 5.56 Å². The van der Waals surface area contributed by atoms with Crippen molar-refractivity contribution in [3.8, 4) is 6.07 Å². The average molecular weight is 282 g/mol. The van der Waals surface area contributed by atoms with Crippen LogP contribution >= 0.6 is 0 Å². The monoisotopic (exact) mass is 282 g/mol. The first-order valence-electron chi connectivity index (χ1n) is 6.82. The Morgan fingerprint density at radius 1 is 1.38 bits per heavy atom. The Morgan fingerprint density at radius 2 is 2.14 bits per heavy atom. The lowest BCUT2D eigenvalue weighted by atomic mass is 10.1. The third-order valence-corrected chi connectivity index (χ3v) is 3.61. The molecule has 2 aromatic rings. The number of hydrogen-bond acceptors (Lipinski definition) is 3. The quantitative estimate of drug-likeness (QED) is 0.933. The summed E-state index contributed by atoms with van der Waals surface area (Å²) >= 11 is 0. The van der Waals surface area contributed by atoms with E-state index in [-0.39, 0.29) is 5.91 Å². The summed E-state index contributed by atoms with van der Waals surface area (Å²) in [5.41, 5.74) is 4.30. The number of aryl methyl sites for hydroxylation is 1. The molecular weight excluding hydrogens is 264 g/mol. The van der Waals surface area contributed by atoms with Gasteiger partial charge in [0.15, 0.2) is 0 Å². The van der Waals surface area contributed by atoms with Gasteiger partial charge in [-0.25, -0.2) is 0 Å². The fraction of sp³-hybridized carbons (Fsp3) is 0.312. The summed E-state index contributed by atoms with van der Waals surface area (Å²) < 4.78 is 1.90. The average Bonchev–Trinajstić information content (AvgIpc) is 2.74. The van der Waals surface area contributed by atoms with Gasteiger partial charge in [0.25, 0.3) is 5.91 Å². The Hall–Kier alpha value is -2.61. The third-order valence-electron chi connectivity index (χ3n) is 3.61. The van der Waals surface area contributed by atoms with Crippen molar-refractivity contribution in [1.29, 1.82) is 5.26 Å². The van der Waals surface area contributed by atoms with Gasteiger partial charge in [0, 0.05) is 17.8 Å². The van der Waals surface area contributed by atoms with Crippen molar-refractivity contribution < 1.29 is 4.79 Å². The summed E-state index contributed by atoms with van der Waals surface area (Å²) in [6, 6.07) is 8.69. The van der Waals surface area contributed by atoms with Gasteiger partial charge in [-0.3, -0.25) is 9.48 Å². The van der Waals surface area contributed by atoms with Crippen molar-refractivity contribution in [2.75, 3.05) is 6.54 Å². The van der Waals surface area contributed by atoms with Crippen molar-refractivity contribution in [3.05, 3.63) is 52.3 Å². The number of nitrogens with one attached hydrogen (secondary N) is 1. The molecule has 0 aliphatic rings. The zero-order valence-electron chi connectivity index (χ0n) is 12.5. The van der Waals surface area contributed by atoms with E-state index in [1.54, 1.807) is 24.3 Å². The Balaban J connectivity index is 1.95. The number of nitriles is 1. The van der Waals surface area contributed by atoms with Gasteiger partial charge in [-0.15, -0.1) is 0 Å². The van der Waals surface area contributed by atoms with Crippen molar-refractivity contribution in [3.63, 3.8) is 0 Å². The number of carbonyl (C=O) groups excluding carboxylic acids is 1. The van der Waals surface area contributed by atoms with Gasteiger partial charge in [-0.2, -0.15) is 10.4 Å². The van der Waals surface area contributed by atoms with E-state index >= 15 is 0 Å². The van der Waals surface area contributed by atoms with E-state index in [9.17, 15) is 4.79 Å². The van der Waals surface area contributed by atoms with Gasteiger partial charge in [0.1, 0.15) is 0 Å². The molecule has 0 bridgehead atoms. The topological polar surface area (TPSA) is 70.7 Å². The molecule has 0 saturated carbocycles. The predicted molar refractivity (Wildman–Crippen MR) is 79.9 cm³/mol. The van der Waals surface area contributed by atoms with E-state index in [1.807, 2.05) is 31.5 Å². The zero-order chi connectivity index (χ0) is 15.4. The summed E-state index contributed by atoms with van der Waals surface area (Å²) in [5.74, 6) is -0.176. The molecule has 108 valence electrons. The van der Waals surface area contributed by atoms with E-state index in [4.69, 9.17) is 5.26 Å². The lowest BCUT2D eigenvalue weighted by molar-refractivity contribution is 0.0952. The van der Waals surface area contributed by atoms with Crippen molar-refractivity contribution >= 4 is 5.91 Å². The van der Waals surface area contributed by atoms with Crippen LogP contribution in [0, 0.1) is 32.1 Å². The maximum Gasteiger partial charge on any atom is 0.251 e. The van der Waals surface area contributed by atoms with Crippen LogP contribution in [0.25, 0.3) is 0 Å². The molecule has 2 rings (SSSR count). The smallest absolute Gasteiger partial charge is 0.251 e. The molecule has 5 nitrogen and oxygen atoms in total. The number of amides is 1. The Labute approximate surface area is 124 Å². The second kappa shape index (κ2) is 6.23. The minimum atomic E-state index is -0.176. The number of carbonyl (C=O) groups is 1. The van der Waals surface area contributed by atoms with E-state index in [0.717, 1.165) is 11.4 Å². The second-order valence-corrected chi connectivity index (χ2v) is 4.97. The van der Waals surface area contributed by atoms with Crippen LogP contribution in [0.4, 0.5) is 0 Å². The number of benzene rings is 1. The van der Waals surface area contributed by atoms with Crippen LogP contribution in [0.2, 0.25) is 0 Å². The highest BCUT2D eigenvalue weighted by Crippen LogP contribution is 2.10. The Kier molecular flexibility index (Phi) is 4.39. The number of rotatable bonds is 4. The van der Waals surface area contributed by atoms with Crippen molar-refractivity contribution in [2.24, 2.45) is 0 Å². The highest BCUT2D eigenvalue weighted by molar-refractivity contribution is 5.94. The zero-order valence-corrected chi connectivity index (χ0v) is 12.5. The molecule has 0 radical (unpaired) electrons. The molecule has 0 fully saturated rings. The highest BCUT2D eigenvalue weighted by Gasteiger charge is 2.08. The number of nitrogens with zero attached hydrogens (tertiary/aromatic N) is 3. The summed E-state index contributed by atoms with van der Waals surface area (Å²) in [5, 5.41) is 16.1. The molecule has 1 aromatic carbocycles. The molecule has 0 unspecified atom stereocenters. The number of aromatic nitrogens is 2. The summed E-state index contributed by atoms with van der Waals surface area (Å²) in [6.45, 7) is 7.17. The standard InChI is InChI=1S/C16H18N4O/c1-11-12(2)19-20(13(11)3)8-7-18-16(21)15-6-4-5-14(9-15)10-17/h4-6,9H,7-8H2,1-3H3,(H,18,21). The van der Waals surface area contributed by atoms with Crippen LogP contribution in [0.5, 0.6) is 0 Å². The van der Waals surface area contributed by atoms with Crippen molar-refractivity contribution in [2.45, 2.75) is 27.3 Å². The molecule has 1 N–H and O–H groups in total. The molecule has 5 heteroatoms. The SMILES string of the molecule is Cc1nn(CCNC(=O)c2cccc(C#N)c2)c(C)c1C. The fourth-order valence-electron chi connectivity index (χ4n) is 2.11. The molecule has 1 amide bonds. The molecule has 0 spiro atoms. The molecule has 0 atom stereocenters. The highest BCUT2D eigenvalue weighted by atomic mass is 16.1. The second-order valence-electron chi connectivity index (χ2n) is 4.97. The van der Waals surface area contributed by atoms with Crippen LogP contribution in [-0.4, -0.2) is 22.2 Å². The Bertz CT molecular complexity index is 710. The van der Waals surface area contributed by atoms with Gasteiger partial charge in [-0.1, -0.05) is 6.07 Å². The van der Waals surface area contributed by atoms with Crippen LogP contribution in [0.1, 0.15) is 32.9 Å². The molecule has 0 aliphatic heterocycles.